The van der Waals surface area contributed by atoms with Crippen LogP contribution in [0.3, 0.4) is 0 Å². The number of hydrogen-bond acceptors (Lipinski definition) is 1. The van der Waals surface area contributed by atoms with Gasteiger partial charge >= 0.3 is 44.9 Å². The summed E-state index contributed by atoms with van der Waals surface area (Å²) in [7, 11) is 1.00. The van der Waals surface area contributed by atoms with Crippen molar-refractivity contribution in [1.82, 2.24) is 0 Å². The van der Waals surface area contributed by atoms with Gasteiger partial charge in [-0.2, -0.15) is 0 Å². The molecular formula is C4H11NaO. The van der Waals surface area contributed by atoms with Gasteiger partial charge in [-0.3, -0.25) is 0 Å². The zero-order valence-corrected chi connectivity index (χ0v) is 7.02. The summed E-state index contributed by atoms with van der Waals surface area (Å²) in [5, 5.41) is 7.00. The van der Waals surface area contributed by atoms with Gasteiger partial charge in [0.15, 0.2) is 0 Å². The van der Waals surface area contributed by atoms with Gasteiger partial charge in [-0.1, -0.05) is 0 Å². The van der Waals surface area contributed by atoms with Crippen LogP contribution in [0.5, 0.6) is 0 Å². The zero-order chi connectivity index (χ0) is 5.58. The molecule has 1 nitrogen and oxygen atoms in total. The fraction of sp³-hybridized carbons (Fsp3) is 1.00. The molecule has 0 saturated heterocycles. The molecule has 1 N–H and O–H groups in total. The van der Waals surface area contributed by atoms with Crippen molar-refractivity contribution < 1.29 is 5.11 Å². The molecule has 34 valence electrons. The Balaban J connectivity index is 0. The van der Waals surface area contributed by atoms with Gasteiger partial charge in [-0.25, -0.2) is 0 Å². The summed E-state index contributed by atoms with van der Waals surface area (Å²) in [5.41, 5.74) is 0. The molecule has 0 aromatic rings. The average Bonchev–Trinajstić information content (AvgIpc) is 1.41. The van der Waals surface area contributed by atoms with E-state index in [0.717, 1.165) is 10.3 Å². The molecular weight excluding hydrogens is 87.0 g/mol. The molecule has 0 aliphatic carbocycles. The number of rotatable bonds is 0. The second-order valence-electron chi connectivity index (χ2n) is 1.73. The molecule has 0 fully saturated rings. The molecule has 0 aromatic carbocycles. The van der Waals surface area contributed by atoms with Crippen LogP contribution in [0.1, 0.15) is 13.8 Å². The maximum atomic E-state index is 7.00. The van der Waals surface area contributed by atoms with Crippen molar-refractivity contribution in [3.63, 3.8) is 0 Å². The van der Waals surface area contributed by atoms with E-state index in [-0.39, 0.29) is 0 Å². The fourth-order valence-corrected chi connectivity index (χ4v) is 0. The van der Waals surface area contributed by atoms with Crippen LogP contribution in [-0.2, 0) is 0 Å². The van der Waals surface area contributed by atoms with E-state index in [9.17, 15) is 0 Å². The van der Waals surface area contributed by atoms with Gasteiger partial charge in [0, 0.05) is 7.11 Å². The number of hydrogen-bond donors (Lipinski definition) is 1. The van der Waals surface area contributed by atoms with Crippen molar-refractivity contribution in [1.29, 1.82) is 0 Å². The molecule has 0 amide bonds. The minimum absolute atomic E-state index is 0.972. The molecule has 0 radical (unpaired) electrons. The fourth-order valence-electron chi connectivity index (χ4n) is 0. The monoisotopic (exact) mass is 98.1 g/mol. The first kappa shape index (κ1) is 10.0. The first-order chi connectivity index (χ1) is 2.73. The van der Waals surface area contributed by atoms with E-state index in [1.54, 1.807) is 0 Å². The number of aliphatic hydroxyl groups excluding tert-OH is 1. The molecule has 0 aliphatic rings. The molecule has 2 heteroatoms. The van der Waals surface area contributed by atoms with Crippen molar-refractivity contribution >= 4 is 27.9 Å². The summed E-state index contributed by atoms with van der Waals surface area (Å²) in [4.78, 5) is 0. The molecule has 0 aliphatic heterocycles. The predicted octanol–water partition coefficient (Wildman–Crippen LogP) is 0.592. The molecule has 0 saturated carbocycles. The van der Waals surface area contributed by atoms with Crippen molar-refractivity contribution in [2.45, 2.75) is 17.0 Å². The molecule has 0 spiro atoms. The van der Waals surface area contributed by atoms with Crippen LogP contribution in [0.25, 0.3) is 0 Å². The summed E-state index contributed by atoms with van der Waals surface area (Å²) >= 11 is 1.35. The Kier molecular flexibility index (Phi) is 15.7. The first-order valence-corrected chi connectivity index (χ1v) is 3.33. The van der Waals surface area contributed by atoms with Crippen LogP contribution in [0.2, 0.25) is 3.17 Å². The SMILES string of the molecule is CO.C[CH](C)[Na]. The summed E-state index contributed by atoms with van der Waals surface area (Å²) < 4.78 is 0.972. The van der Waals surface area contributed by atoms with Gasteiger partial charge in [-0.15, -0.1) is 0 Å². The predicted molar refractivity (Wildman–Crippen MR) is 29.0 cm³/mol. The van der Waals surface area contributed by atoms with Gasteiger partial charge < -0.3 is 5.11 Å². The second-order valence-corrected chi connectivity index (χ2v) is 4.04. The van der Waals surface area contributed by atoms with E-state index in [1.807, 2.05) is 0 Å². The van der Waals surface area contributed by atoms with Crippen LogP contribution < -0.4 is 0 Å². The van der Waals surface area contributed by atoms with E-state index in [0.29, 0.717) is 0 Å². The van der Waals surface area contributed by atoms with Crippen LogP contribution in [-0.4, -0.2) is 40.1 Å². The van der Waals surface area contributed by atoms with E-state index < -0.39 is 0 Å². The Bertz CT molecular complexity index is 12.3. The summed E-state index contributed by atoms with van der Waals surface area (Å²) in [6.07, 6.45) is 0. The molecule has 0 atom stereocenters. The van der Waals surface area contributed by atoms with E-state index in [2.05, 4.69) is 13.8 Å². The molecule has 0 bridgehead atoms. The standard InChI is InChI=1S/C3H7.CH4O.Na/c1-3-2;1-2;/h3H,1-2H3;2H,1H3;. The summed E-state index contributed by atoms with van der Waals surface area (Å²) in [6, 6.07) is 0. The average molecular weight is 98.1 g/mol. The second kappa shape index (κ2) is 9.35. The van der Waals surface area contributed by atoms with Crippen LogP contribution in [0.15, 0.2) is 0 Å². The van der Waals surface area contributed by atoms with Crippen molar-refractivity contribution in [2.24, 2.45) is 0 Å². The molecule has 0 unspecified atom stereocenters. The Labute approximate surface area is 57.2 Å². The Morgan fingerprint density at radius 3 is 1.33 bits per heavy atom. The Morgan fingerprint density at radius 2 is 1.33 bits per heavy atom. The van der Waals surface area contributed by atoms with Crippen LogP contribution in [0.4, 0.5) is 0 Å². The third kappa shape index (κ3) is 84.4. The van der Waals surface area contributed by atoms with Gasteiger partial charge in [-0.05, 0) is 0 Å². The van der Waals surface area contributed by atoms with Crippen molar-refractivity contribution in [3.8, 4) is 0 Å². The van der Waals surface area contributed by atoms with Crippen molar-refractivity contribution in [3.05, 3.63) is 0 Å². The van der Waals surface area contributed by atoms with Crippen LogP contribution in [0, 0.1) is 0 Å². The zero-order valence-electron chi connectivity index (χ0n) is 5.02. The molecule has 0 rings (SSSR count). The minimum atomic E-state index is 0.972. The van der Waals surface area contributed by atoms with E-state index >= 15 is 0 Å². The quantitative estimate of drug-likeness (QED) is 0.440. The Hall–Kier alpha value is 0.960. The topological polar surface area (TPSA) is 20.2 Å². The van der Waals surface area contributed by atoms with E-state index in [4.69, 9.17) is 5.11 Å². The summed E-state index contributed by atoms with van der Waals surface area (Å²) in [6.45, 7) is 4.46. The normalized spacial score (nSPS) is 7.17. The maximum absolute atomic E-state index is 7.00. The summed E-state index contributed by atoms with van der Waals surface area (Å²) in [5.74, 6) is 0. The van der Waals surface area contributed by atoms with Crippen molar-refractivity contribution in [2.75, 3.05) is 7.11 Å². The molecule has 0 aromatic heterocycles. The number of aliphatic hydroxyl groups is 1. The first-order valence-electron chi connectivity index (χ1n) is 2.18. The van der Waals surface area contributed by atoms with Gasteiger partial charge in [0.25, 0.3) is 0 Å². The van der Waals surface area contributed by atoms with Gasteiger partial charge in [0.2, 0.25) is 0 Å². The Morgan fingerprint density at radius 1 is 1.33 bits per heavy atom. The van der Waals surface area contributed by atoms with Gasteiger partial charge in [0.05, 0.1) is 0 Å². The molecule has 0 heterocycles. The molecule has 6 heavy (non-hydrogen) atoms. The third-order valence-electron chi connectivity index (χ3n) is 0. The van der Waals surface area contributed by atoms with Gasteiger partial charge in [0.1, 0.15) is 0 Å². The van der Waals surface area contributed by atoms with E-state index in [1.165, 1.54) is 27.9 Å². The van der Waals surface area contributed by atoms with Crippen LogP contribution >= 0.6 is 0 Å². The third-order valence-corrected chi connectivity index (χ3v) is 0.